The van der Waals surface area contributed by atoms with Gasteiger partial charge in [-0.15, -0.1) is 0 Å². The highest BCUT2D eigenvalue weighted by atomic mass is 15.1. The molecule has 2 rings (SSSR count). The molecule has 1 heteroatoms. The average molecular weight is 217 g/mol. The maximum atomic E-state index is 2.66. The van der Waals surface area contributed by atoms with Crippen LogP contribution in [0.2, 0.25) is 0 Å². The van der Waals surface area contributed by atoms with E-state index >= 15 is 0 Å². The molecular weight excluding hydrogens is 194 g/mol. The van der Waals surface area contributed by atoms with Crippen molar-refractivity contribution in [3.63, 3.8) is 0 Å². The molecular formula is C15H23N. The van der Waals surface area contributed by atoms with E-state index in [0.29, 0.717) is 6.04 Å². The van der Waals surface area contributed by atoms with Gasteiger partial charge in [-0.25, -0.2) is 0 Å². The largest absolute Gasteiger partial charge is 0.300 e. The van der Waals surface area contributed by atoms with Crippen molar-refractivity contribution >= 4 is 0 Å². The third-order valence-corrected chi connectivity index (χ3v) is 3.72. The molecule has 1 heterocycles. The molecule has 0 spiro atoms. The minimum atomic E-state index is 0.704. The van der Waals surface area contributed by atoms with E-state index in [0.717, 1.165) is 0 Å². The molecule has 1 unspecified atom stereocenters. The summed E-state index contributed by atoms with van der Waals surface area (Å²) < 4.78 is 0. The Morgan fingerprint density at radius 2 is 2.00 bits per heavy atom. The first kappa shape index (κ1) is 11.7. The number of fused-ring (bicyclic) bond motifs is 1. The van der Waals surface area contributed by atoms with Crippen LogP contribution < -0.4 is 0 Å². The summed E-state index contributed by atoms with van der Waals surface area (Å²) in [7, 11) is 0. The molecule has 1 atom stereocenters. The molecule has 0 amide bonds. The molecule has 0 saturated heterocycles. The van der Waals surface area contributed by atoms with Crippen LogP contribution >= 0.6 is 0 Å². The van der Waals surface area contributed by atoms with Crippen LogP contribution in [-0.4, -0.2) is 24.0 Å². The van der Waals surface area contributed by atoms with Crippen molar-refractivity contribution in [1.29, 1.82) is 0 Å². The summed E-state index contributed by atoms with van der Waals surface area (Å²) >= 11 is 0. The first-order chi connectivity index (χ1) is 7.81. The molecule has 88 valence electrons. The van der Waals surface area contributed by atoms with Gasteiger partial charge in [0.1, 0.15) is 0 Å². The number of nitrogens with zero attached hydrogens (tertiary/aromatic N) is 1. The predicted molar refractivity (Wildman–Crippen MR) is 69.8 cm³/mol. The van der Waals surface area contributed by atoms with Gasteiger partial charge in [0.2, 0.25) is 0 Å². The van der Waals surface area contributed by atoms with E-state index in [4.69, 9.17) is 0 Å². The monoisotopic (exact) mass is 217 g/mol. The Morgan fingerprint density at radius 1 is 1.25 bits per heavy atom. The zero-order valence-corrected chi connectivity index (χ0v) is 10.6. The lowest BCUT2D eigenvalue weighted by molar-refractivity contribution is 0.213. The van der Waals surface area contributed by atoms with Crippen molar-refractivity contribution in [2.45, 2.75) is 45.6 Å². The van der Waals surface area contributed by atoms with E-state index in [1.807, 2.05) is 0 Å². The Labute approximate surface area is 99.5 Å². The average Bonchev–Trinajstić information content (AvgIpc) is 2.45. The maximum absolute atomic E-state index is 2.66. The second-order valence-corrected chi connectivity index (χ2v) is 4.96. The molecule has 16 heavy (non-hydrogen) atoms. The first-order valence-electron chi connectivity index (χ1n) is 6.62. The standard InChI is InChI=1S/C15H23N/c1-3-4-10-16-11-9-14-7-5-6-8-15(14)12-13(16)2/h5-8,13H,3-4,9-12H2,1-2H3. The molecule has 0 fully saturated rings. The molecule has 1 aromatic carbocycles. The van der Waals surface area contributed by atoms with Crippen molar-refractivity contribution < 1.29 is 0 Å². The Morgan fingerprint density at radius 3 is 2.75 bits per heavy atom. The number of rotatable bonds is 3. The molecule has 0 aromatic heterocycles. The summed E-state index contributed by atoms with van der Waals surface area (Å²) in [6.07, 6.45) is 5.08. The third-order valence-electron chi connectivity index (χ3n) is 3.72. The fraction of sp³-hybridized carbons (Fsp3) is 0.600. The molecule has 0 saturated carbocycles. The highest BCUT2D eigenvalue weighted by Gasteiger charge is 2.19. The molecule has 0 N–H and O–H groups in total. The summed E-state index contributed by atoms with van der Waals surface area (Å²) in [6.45, 7) is 7.15. The normalized spacial score (nSPS) is 21.5. The summed E-state index contributed by atoms with van der Waals surface area (Å²) in [5, 5.41) is 0. The van der Waals surface area contributed by atoms with Crippen LogP contribution in [-0.2, 0) is 12.8 Å². The molecule has 0 bridgehead atoms. The molecule has 0 aliphatic carbocycles. The highest BCUT2D eigenvalue weighted by Crippen LogP contribution is 2.19. The van der Waals surface area contributed by atoms with Crippen molar-refractivity contribution in [3.8, 4) is 0 Å². The van der Waals surface area contributed by atoms with Gasteiger partial charge in [-0.2, -0.15) is 0 Å². The second-order valence-electron chi connectivity index (χ2n) is 4.96. The number of hydrogen-bond donors (Lipinski definition) is 0. The van der Waals surface area contributed by atoms with Gasteiger partial charge >= 0.3 is 0 Å². The van der Waals surface area contributed by atoms with Crippen LogP contribution in [0.25, 0.3) is 0 Å². The number of benzene rings is 1. The van der Waals surface area contributed by atoms with Crippen molar-refractivity contribution in [2.75, 3.05) is 13.1 Å². The predicted octanol–water partition coefficient (Wildman–Crippen LogP) is 3.28. The van der Waals surface area contributed by atoms with Crippen LogP contribution in [0.15, 0.2) is 24.3 Å². The van der Waals surface area contributed by atoms with Crippen molar-refractivity contribution in [2.24, 2.45) is 0 Å². The van der Waals surface area contributed by atoms with Gasteiger partial charge in [0, 0.05) is 12.6 Å². The van der Waals surface area contributed by atoms with E-state index in [9.17, 15) is 0 Å². The minimum Gasteiger partial charge on any atom is -0.300 e. The molecule has 1 aliphatic rings. The van der Waals surface area contributed by atoms with Gasteiger partial charge in [-0.1, -0.05) is 37.6 Å². The van der Waals surface area contributed by atoms with E-state index in [2.05, 4.69) is 43.0 Å². The van der Waals surface area contributed by atoms with Gasteiger partial charge in [0.15, 0.2) is 0 Å². The Balaban J connectivity index is 2.06. The van der Waals surface area contributed by atoms with Gasteiger partial charge < -0.3 is 4.90 Å². The summed E-state index contributed by atoms with van der Waals surface area (Å²) in [6, 6.07) is 9.65. The molecule has 1 nitrogen and oxygen atoms in total. The Hall–Kier alpha value is -0.820. The zero-order valence-electron chi connectivity index (χ0n) is 10.6. The SMILES string of the molecule is CCCCN1CCc2ccccc2CC1C. The lowest BCUT2D eigenvalue weighted by Crippen LogP contribution is -2.35. The van der Waals surface area contributed by atoms with E-state index < -0.39 is 0 Å². The Bertz CT molecular complexity index is 332. The first-order valence-corrected chi connectivity index (χ1v) is 6.62. The van der Waals surface area contributed by atoms with Crippen molar-refractivity contribution in [3.05, 3.63) is 35.4 Å². The minimum absolute atomic E-state index is 0.704. The van der Waals surface area contributed by atoms with Crippen LogP contribution in [0.5, 0.6) is 0 Å². The van der Waals surface area contributed by atoms with Crippen LogP contribution in [0.1, 0.15) is 37.8 Å². The van der Waals surface area contributed by atoms with E-state index in [1.165, 1.54) is 38.8 Å². The summed E-state index contributed by atoms with van der Waals surface area (Å²) in [4.78, 5) is 2.66. The van der Waals surface area contributed by atoms with Crippen LogP contribution in [0.4, 0.5) is 0 Å². The fourth-order valence-electron chi connectivity index (χ4n) is 2.63. The van der Waals surface area contributed by atoms with E-state index in [-0.39, 0.29) is 0 Å². The topological polar surface area (TPSA) is 3.24 Å². The Kier molecular flexibility index (Phi) is 4.00. The second kappa shape index (κ2) is 5.49. The smallest absolute Gasteiger partial charge is 0.0108 e. The quantitative estimate of drug-likeness (QED) is 0.751. The zero-order chi connectivity index (χ0) is 11.4. The van der Waals surface area contributed by atoms with E-state index in [1.54, 1.807) is 11.1 Å². The lowest BCUT2D eigenvalue weighted by Gasteiger charge is -2.26. The molecule has 0 radical (unpaired) electrons. The number of hydrogen-bond acceptors (Lipinski definition) is 1. The van der Waals surface area contributed by atoms with Gasteiger partial charge in [0.25, 0.3) is 0 Å². The fourth-order valence-corrected chi connectivity index (χ4v) is 2.63. The summed E-state index contributed by atoms with van der Waals surface area (Å²) in [5.74, 6) is 0. The van der Waals surface area contributed by atoms with Crippen LogP contribution in [0, 0.1) is 0 Å². The van der Waals surface area contributed by atoms with Gasteiger partial charge in [0.05, 0.1) is 0 Å². The molecule has 1 aliphatic heterocycles. The van der Waals surface area contributed by atoms with Gasteiger partial charge in [-0.3, -0.25) is 0 Å². The lowest BCUT2D eigenvalue weighted by atomic mass is 10.0. The highest BCUT2D eigenvalue weighted by molar-refractivity contribution is 5.29. The third kappa shape index (κ3) is 2.65. The molecule has 1 aromatic rings. The number of unbranched alkanes of at least 4 members (excludes halogenated alkanes) is 1. The maximum Gasteiger partial charge on any atom is 0.0108 e. The van der Waals surface area contributed by atoms with Crippen LogP contribution in [0.3, 0.4) is 0 Å². The van der Waals surface area contributed by atoms with Gasteiger partial charge in [-0.05, 0) is 43.9 Å². The summed E-state index contributed by atoms with van der Waals surface area (Å²) in [5.41, 5.74) is 3.13. The van der Waals surface area contributed by atoms with Crippen molar-refractivity contribution in [1.82, 2.24) is 4.90 Å².